The number of benzene rings is 8. The Hall–Kier alpha value is -8.02. The summed E-state index contributed by atoms with van der Waals surface area (Å²) in [7, 11) is 0. The molecule has 8 aromatic carbocycles. The van der Waals surface area contributed by atoms with Crippen LogP contribution in [0.25, 0.3) is 49.9 Å². The highest BCUT2D eigenvalue weighted by molar-refractivity contribution is 6.14. The summed E-state index contributed by atoms with van der Waals surface area (Å²) in [4.78, 5) is 5.13. The minimum absolute atomic E-state index is 0.572. The smallest absolute Gasteiger partial charge is 0.0991 e. The lowest BCUT2D eigenvalue weighted by Gasteiger charge is -2.34. The van der Waals surface area contributed by atoms with E-state index < -0.39 is 5.41 Å². The zero-order valence-electron chi connectivity index (χ0n) is 32.3. The van der Waals surface area contributed by atoms with E-state index in [0.29, 0.717) is 5.56 Å². The second kappa shape index (κ2) is 14.8. The molecule has 1 heterocycles. The summed E-state index contributed by atoms with van der Waals surface area (Å²) in [6.07, 6.45) is 3.92. The zero-order chi connectivity index (χ0) is 39.8. The molecule has 59 heavy (non-hydrogen) atoms. The van der Waals surface area contributed by atoms with Crippen molar-refractivity contribution in [2.24, 2.45) is 4.99 Å². The summed E-state index contributed by atoms with van der Waals surface area (Å²) >= 11 is 0. The van der Waals surface area contributed by atoms with E-state index in [1.54, 1.807) is 6.07 Å². The van der Waals surface area contributed by atoms with E-state index in [-0.39, 0.29) is 0 Å². The first kappa shape index (κ1) is 35.4. The Bertz CT molecular complexity index is 3170. The number of para-hydroxylation sites is 1. The van der Waals surface area contributed by atoms with Crippen molar-refractivity contribution in [2.45, 2.75) is 5.41 Å². The van der Waals surface area contributed by atoms with Crippen molar-refractivity contribution in [1.29, 1.82) is 5.26 Å². The summed E-state index contributed by atoms with van der Waals surface area (Å²) in [6.45, 7) is 3.99. The van der Waals surface area contributed by atoms with Crippen molar-refractivity contribution in [3.63, 3.8) is 0 Å². The Balaban J connectivity index is 1.20. The molecule has 0 spiro atoms. The Morgan fingerprint density at radius 3 is 2.00 bits per heavy atom. The zero-order valence-corrected chi connectivity index (χ0v) is 32.3. The molecule has 3 heteroatoms. The molecular weight excluding hydrogens is 715 g/mol. The fourth-order valence-corrected chi connectivity index (χ4v) is 9.07. The third-order valence-corrected chi connectivity index (χ3v) is 11.6. The quantitative estimate of drug-likeness (QED) is 0.0866. The van der Waals surface area contributed by atoms with Gasteiger partial charge in [0.15, 0.2) is 0 Å². The maximum atomic E-state index is 9.58. The summed E-state index contributed by atoms with van der Waals surface area (Å²) in [6, 6.07) is 72.8. The average molecular weight is 752 g/mol. The SMILES string of the molecule is C=C=C(/C=C(\N=C\c1cccc(-n2c3ccccc3c3ccc4c(c32)C(c2ccccc2)(c2ccccc2)c2ccccc2-4)c1)c1ccccc1)c1cccc(C#N)c1. The van der Waals surface area contributed by atoms with Gasteiger partial charge in [0.2, 0.25) is 0 Å². The molecule has 0 unspecified atom stereocenters. The van der Waals surface area contributed by atoms with Gasteiger partial charge < -0.3 is 4.57 Å². The van der Waals surface area contributed by atoms with Gasteiger partial charge in [0.1, 0.15) is 0 Å². The van der Waals surface area contributed by atoms with E-state index in [1.807, 2.05) is 48.7 Å². The van der Waals surface area contributed by atoms with Crippen molar-refractivity contribution >= 4 is 39.3 Å². The Morgan fingerprint density at radius 2 is 1.25 bits per heavy atom. The van der Waals surface area contributed by atoms with Crippen molar-refractivity contribution in [3.05, 3.63) is 263 Å². The minimum Gasteiger partial charge on any atom is -0.309 e. The van der Waals surface area contributed by atoms with Crippen LogP contribution in [0.3, 0.4) is 0 Å². The minimum atomic E-state index is -0.572. The van der Waals surface area contributed by atoms with Crippen LogP contribution in [0.4, 0.5) is 0 Å². The molecule has 0 saturated heterocycles. The summed E-state index contributed by atoms with van der Waals surface area (Å²) in [5.74, 6) is 0. The Labute approximate surface area is 344 Å². The van der Waals surface area contributed by atoms with Crippen molar-refractivity contribution in [2.75, 3.05) is 0 Å². The normalized spacial score (nSPS) is 12.9. The van der Waals surface area contributed by atoms with Gasteiger partial charge in [-0.1, -0.05) is 176 Å². The van der Waals surface area contributed by atoms with Gasteiger partial charge in [0.25, 0.3) is 0 Å². The highest BCUT2D eigenvalue weighted by Gasteiger charge is 2.48. The van der Waals surface area contributed by atoms with Crippen LogP contribution in [0.5, 0.6) is 0 Å². The number of rotatable bonds is 8. The predicted octanol–water partition coefficient (Wildman–Crippen LogP) is 13.3. The first-order chi connectivity index (χ1) is 29.2. The van der Waals surface area contributed by atoms with Gasteiger partial charge in [-0.3, -0.25) is 4.99 Å². The maximum Gasteiger partial charge on any atom is 0.0991 e. The van der Waals surface area contributed by atoms with Gasteiger partial charge >= 0.3 is 0 Å². The maximum absolute atomic E-state index is 9.58. The monoisotopic (exact) mass is 751 g/mol. The fourth-order valence-electron chi connectivity index (χ4n) is 9.07. The highest BCUT2D eigenvalue weighted by Crippen LogP contribution is 2.59. The molecule has 1 aliphatic carbocycles. The highest BCUT2D eigenvalue weighted by atomic mass is 15.0. The molecule has 0 aliphatic heterocycles. The Kier molecular flexibility index (Phi) is 8.89. The second-order valence-corrected chi connectivity index (χ2v) is 14.8. The van der Waals surface area contributed by atoms with E-state index >= 15 is 0 Å². The number of fused-ring (bicyclic) bond motifs is 7. The largest absolute Gasteiger partial charge is 0.309 e. The molecule has 0 amide bonds. The van der Waals surface area contributed by atoms with Gasteiger partial charge in [-0.25, -0.2) is 0 Å². The van der Waals surface area contributed by atoms with Crippen LogP contribution in [0.15, 0.2) is 224 Å². The molecule has 0 N–H and O–H groups in total. The van der Waals surface area contributed by atoms with Crippen molar-refractivity contribution < 1.29 is 0 Å². The molecule has 0 bridgehead atoms. The molecule has 1 aliphatic rings. The molecule has 0 saturated carbocycles. The van der Waals surface area contributed by atoms with E-state index in [0.717, 1.165) is 39.2 Å². The molecule has 3 nitrogen and oxygen atoms in total. The Morgan fingerprint density at radius 1 is 0.593 bits per heavy atom. The van der Waals surface area contributed by atoms with Crippen LogP contribution in [-0.4, -0.2) is 10.8 Å². The number of aromatic nitrogens is 1. The van der Waals surface area contributed by atoms with E-state index in [1.165, 1.54) is 49.7 Å². The lowest BCUT2D eigenvalue weighted by molar-refractivity contribution is 0.772. The molecule has 0 radical (unpaired) electrons. The van der Waals surface area contributed by atoms with Crippen LogP contribution in [0.2, 0.25) is 0 Å². The number of hydrogen-bond acceptors (Lipinski definition) is 2. The summed E-state index contributed by atoms with van der Waals surface area (Å²) in [5, 5.41) is 12.0. The van der Waals surface area contributed by atoms with Crippen LogP contribution < -0.4 is 0 Å². The molecule has 276 valence electrons. The standard InChI is InChI=1S/C56H37N3/c1-2-41(43-22-16-18-39(34-43)37-57)36-52(42-20-6-3-7-21-42)58-38-40-19-17-27-46(35-40)59-53-31-15-13-29-48(53)50-33-32-49-47-28-12-14-30-51(47)56(54(49)55(50)59,44-23-8-4-9-24-44)45-25-10-5-11-26-45/h3-36,38H,1H2/b52-36-,58-38+. The van der Waals surface area contributed by atoms with Gasteiger partial charge in [-0.2, -0.15) is 5.26 Å². The number of hydrogen-bond donors (Lipinski definition) is 0. The third kappa shape index (κ3) is 5.87. The van der Waals surface area contributed by atoms with Crippen LogP contribution >= 0.6 is 0 Å². The summed E-state index contributed by atoms with van der Waals surface area (Å²) < 4.78 is 2.46. The van der Waals surface area contributed by atoms with Crippen molar-refractivity contribution in [3.8, 4) is 22.9 Å². The molecule has 0 atom stereocenters. The first-order valence-electron chi connectivity index (χ1n) is 19.8. The number of nitrogens with zero attached hydrogens (tertiary/aromatic N) is 3. The predicted molar refractivity (Wildman–Crippen MR) is 244 cm³/mol. The van der Waals surface area contributed by atoms with E-state index in [4.69, 9.17) is 4.99 Å². The third-order valence-electron chi connectivity index (χ3n) is 11.6. The molecular formula is C56H37N3. The first-order valence-corrected chi connectivity index (χ1v) is 19.8. The molecule has 9 aromatic rings. The van der Waals surface area contributed by atoms with Crippen molar-refractivity contribution in [1.82, 2.24) is 4.57 Å². The molecule has 0 fully saturated rings. The van der Waals surface area contributed by atoms with Gasteiger partial charge in [-0.05, 0) is 75.4 Å². The van der Waals surface area contributed by atoms with Gasteiger partial charge in [0, 0.05) is 39.4 Å². The van der Waals surface area contributed by atoms with E-state index in [9.17, 15) is 5.26 Å². The van der Waals surface area contributed by atoms with Crippen LogP contribution in [-0.2, 0) is 5.41 Å². The van der Waals surface area contributed by atoms with Gasteiger partial charge in [-0.15, -0.1) is 5.73 Å². The number of allylic oxidation sites excluding steroid dienone is 2. The summed E-state index contributed by atoms with van der Waals surface area (Å²) in [5.41, 5.74) is 18.3. The fraction of sp³-hybridized carbons (Fsp3) is 0.0179. The van der Waals surface area contributed by atoms with E-state index in [2.05, 4.69) is 181 Å². The lowest BCUT2D eigenvalue weighted by atomic mass is 9.67. The number of aliphatic imine (C=N–C) groups is 1. The molecule has 1 aromatic heterocycles. The van der Waals surface area contributed by atoms with Crippen LogP contribution in [0, 0.1) is 11.3 Å². The topological polar surface area (TPSA) is 41.1 Å². The number of nitriles is 1. The van der Waals surface area contributed by atoms with Crippen LogP contribution in [0.1, 0.15) is 44.5 Å². The molecule has 10 rings (SSSR count). The van der Waals surface area contributed by atoms with Gasteiger partial charge in [0.05, 0.1) is 33.8 Å². The average Bonchev–Trinajstić information content (AvgIpc) is 3.81. The second-order valence-electron chi connectivity index (χ2n) is 14.8. The lowest BCUT2D eigenvalue weighted by Crippen LogP contribution is -2.29.